The van der Waals surface area contributed by atoms with Crippen LogP contribution in [0.3, 0.4) is 0 Å². The van der Waals surface area contributed by atoms with Crippen LogP contribution in [0.4, 0.5) is 34.1 Å². The van der Waals surface area contributed by atoms with Crippen molar-refractivity contribution in [3.8, 4) is 124 Å². The molecule has 2 spiro atoms. The monoisotopic (exact) mass is 1530 g/mol. The highest BCUT2D eigenvalue weighted by molar-refractivity contribution is 6.05. The van der Waals surface area contributed by atoms with Crippen LogP contribution in [-0.4, -0.2) is 30.4 Å². The lowest BCUT2D eigenvalue weighted by Gasteiger charge is -2.36. The molecule has 10 heteroatoms. The standard InChI is InChI=1S/C110H70N8O2/c1-5-25-71(26-6-1)105-113-115-107(119-105)73-49-59-81(60-50-73)117(77-29-9-3-10-30-77)79-55-45-69(46-56-79)101-102(70-47-57-80(58-48-70)118(78-31-11-4-12-32-78)82-61-51-74(52-62-82)108-116-114-106(120-108)72-27-7-2-8-28-72)112-104-84(76-54-64-92-90-38-18-24-44-98(90)110(100(92)68-76)95-41-21-15-35-87(95)88-36-16-22-42-96(88)110)66-65-83(103(104)111-101)75-53-63-91-89-37-17-23-43-97(89)109(99(91)67-75)93-39-19-13-33-85(93)86-34-14-20-40-94(86)109/h1-68,85,93H. The number of rotatable bonds is 14. The summed E-state index contributed by atoms with van der Waals surface area (Å²) in [5, 5.41) is 17.8. The third kappa shape index (κ3) is 10.5. The molecule has 10 nitrogen and oxygen atoms in total. The van der Waals surface area contributed by atoms with Crippen LogP contribution in [0.25, 0.3) is 135 Å². The smallest absolute Gasteiger partial charge is 0.248 e. The Kier molecular flexibility index (Phi) is 15.7. The minimum atomic E-state index is -0.583. The quantitative estimate of drug-likeness (QED) is 0.104. The van der Waals surface area contributed by atoms with Gasteiger partial charge in [-0.15, -0.1) is 20.4 Å². The van der Waals surface area contributed by atoms with Crippen molar-refractivity contribution >= 4 is 45.2 Å². The molecule has 5 aliphatic carbocycles. The highest BCUT2D eigenvalue weighted by atomic mass is 16.4. The second-order valence-corrected chi connectivity index (χ2v) is 31.5. The van der Waals surface area contributed by atoms with E-state index in [1.54, 1.807) is 0 Å². The molecule has 562 valence electrons. The maximum absolute atomic E-state index is 6.28. The second-order valence-electron chi connectivity index (χ2n) is 31.5. The maximum Gasteiger partial charge on any atom is 0.248 e. The van der Waals surface area contributed by atoms with Crippen LogP contribution in [0, 0.1) is 5.92 Å². The van der Waals surface area contributed by atoms with Gasteiger partial charge in [0.05, 0.1) is 33.3 Å². The zero-order valence-electron chi connectivity index (χ0n) is 64.8. The van der Waals surface area contributed by atoms with Gasteiger partial charge >= 0.3 is 0 Å². The summed E-state index contributed by atoms with van der Waals surface area (Å²) in [5.74, 6) is 2.17. The molecule has 3 heterocycles. The van der Waals surface area contributed by atoms with Gasteiger partial charge in [-0.3, -0.25) is 0 Å². The summed E-state index contributed by atoms with van der Waals surface area (Å²) in [4.78, 5) is 17.1. The average Bonchev–Trinajstić information content (AvgIpc) is 1.51. The zero-order valence-corrected chi connectivity index (χ0v) is 64.8. The Morgan fingerprint density at radius 2 is 0.542 bits per heavy atom. The number of nitrogens with zero attached hydrogens (tertiary/aromatic N) is 8. The molecular formula is C110H70N8O2. The molecule has 24 rings (SSSR count). The van der Waals surface area contributed by atoms with Crippen molar-refractivity contribution < 1.29 is 8.83 Å². The molecule has 0 fully saturated rings. The minimum Gasteiger partial charge on any atom is -0.416 e. The van der Waals surface area contributed by atoms with Gasteiger partial charge in [-0.2, -0.15) is 0 Å². The van der Waals surface area contributed by atoms with Crippen molar-refractivity contribution in [1.82, 2.24) is 30.4 Å². The number of allylic oxidation sites excluding steroid dienone is 4. The first-order valence-corrected chi connectivity index (χ1v) is 40.9. The van der Waals surface area contributed by atoms with Gasteiger partial charge in [0.25, 0.3) is 0 Å². The zero-order chi connectivity index (χ0) is 79.0. The van der Waals surface area contributed by atoms with E-state index in [9.17, 15) is 0 Å². The molecule has 0 radical (unpaired) electrons. The van der Waals surface area contributed by atoms with E-state index < -0.39 is 10.8 Å². The Labute approximate surface area is 693 Å². The normalized spacial score (nSPS) is 15.5. The first-order chi connectivity index (χ1) is 59.5. The molecule has 0 saturated carbocycles. The highest BCUT2D eigenvalue weighted by Gasteiger charge is 2.57. The fourth-order valence-corrected chi connectivity index (χ4v) is 20.2. The number of anilines is 6. The Balaban J connectivity index is 0.712. The van der Waals surface area contributed by atoms with Crippen LogP contribution < -0.4 is 9.80 Å². The van der Waals surface area contributed by atoms with E-state index in [0.29, 0.717) is 23.6 Å². The summed E-state index contributed by atoms with van der Waals surface area (Å²) in [6.07, 6.45) is 9.39. The lowest BCUT2D eigenvalue weighted by atomic mass is 9.65. The van der Waals surface area contributed by atoms with Gasteiger partial charge in [-0.25, -0.2) is 9.97 Å². The lowest BCUT2D eigenvalue weighted by molar-refractivity contribution is 0.465. The maximum atomic E-state index is 6.28. The van der Waals surface area contributed by atoms with Crippen LogP contribution in [0.1, 0.15) is 50.4 Å². The molecule has 0 amide bonds. The Hall–Kier alpha value is -15.8. The predicted molar refractivity (Wildman–Crippen MR) is 481 cm³/mol. The summed E-state index contributed by atoms with van der Waals surface area (Å²) in [7, 11) is 0. The van der Waals surface area contributed by atoms with Crippen molar-refractivity contribution in [2.45, 2.75) is 16.7 Å². The van der Waals surface area contributed by atoms with Crippen LogP contribution >= 0.6 is 0 Å². The number of hydrogen-bond donors (Lipinski definition) is 0. The van der Waals surface area contributed by atoms with Crippen molar-refractivity contribution in [2.24, 2.45) is 5.92 Å². The molecule has 3 atom stereocenters. The van der Waals surface area contributed by atoms with Crippen molar-refractivity contribution in [2.75, 3.05) is 9.80 Å². The molecule has 3 unspecified atom stereocenters. The summed E-state index contributed by atoms with van der Waals surface area (Å²) >= 11 is 0. The fraction of sp³-hybridized carbons (Fsp3) is 0.0364. The molecular weight excluding hydrogens is 1470 g/mol. The third-order valence-electron chi connectivity index (χ3n) is 25.4. The number of benzene rings is 16. The molecule has 0 bridgehead atoms. The number of hydrogen-bond acceptors (Lipinski definition) is 10. The Morgan fingerprint density at radius 3 is 0.983 bits per heavy atom. The van der Waals surface area contributed by atoms with Gasteiger partial charge in [0.15, 0.2) is 0 Å². The van der Waals surface area contributed by atoms with Crippen LogP contribution in [-0.2, 0) is 10.8 Å². The first kappa shape index (κ1) is 68.6. The number of fused-ring (bicyclic) bond motifs is 21. The molecule has 0 aliphatic heterocycles. The number of aromatic nitrogens is 6. The molecule has 5 aliphatic rings. The van der Waals surface area contributed by atoms with E-state index in [2.05, 4.69) is 358 Å². The summed E-state index contributed by atoms with van der Waals surface area (Å²) in [6.45, 7) is 0. The molecule has 0 N–H and O–H groups in total. The summed E-state index contributed by atoms with van der Waals surface area (Å²) in [6, 6.07) is 140. The summed E-state index contributed by atoms with van der Waals surface area (Å²) in [5.41, 5.74) is 35.0. The summed E-state index contributed by atoms with van der Waals surface area (Å²) < 4.78 is 12.6. The van der Waals surface area contributed by atoms with Gasteiger partial charge in [0.1, 0.15) is 0 Å². The van der Waals surface area contributed by atoms with E-state index in [4.69, 9.17) is 18.8 Å². The average molecular weight is 1540 g/mol. The van der Waals surface area contributed by atoms with E-state index in [1.165, 1.54) is 77.9 Å². The van der Waals surface area contributed by atoms with E-state index in [0.717, 1.165) is 112 Å². The second kappa shape index (κ2) is 27.4. The van der Waals surface area contributed by atoms with Crippen molar-refractivity contribution in [3.05, 3.63) is 457 Å². The molecule has 3 aromatic heterocycles. The van der Waals surface area contributed by atoms with Crippen LogP contribution in [0.5, 0.6) is 0 Å². The third-order valence-corrected chi connectivity index (χ3v) is 25.4. The predicted octanol–water partition coefficient (Wildman–Crippen LogP) is 27.2. The van der Waals surface area contributed by atoms with Crippen LogP contribution in [0.15, 0.2) is 421 Å². The largest absolute Gasteiger partial charge is 0.416 e. The van der Waals surface area contributed by atoms with E-state index in [1.807, 2.05) is 84.9 Å². The first-order valence-electron chi connectivity index (χ1n) is 40.9. The van der Waals surface area contributed by atoms with Gasteiger partial charge in [-0.1, -0.05) is 279 Å². The molecule has 19 aromatic rings. The van der Waals surface area contributed by atoms with E-state index in [-0.39, 0.29) is 11.8 Å². The van der Waals surface area contributed by atoms with Gasteiger partial charge < -0.3 is 18.6 Å². The SMILES string of the molecule is C1=CC2c3ccccc3C3(c4ccccc4-c4ccc(-c5ccc(-c6ccc7c(c6)C6(c8ccccc8-c8ccccc86)c6ccccc6-7)c6nc(-c7ccc(N(c8ccccc8)c8ccc(-c9nnc(-c%10ccccc%10)o9)cc8)cc7)c(-c7ccc(N(c8ccccc8)c8ccc(-c9nnc(-c%10ccccc%10)o9)cc8)cc7)nc56)cc43)C2C=C1. The van der Waals surface area contributed by atoms with Gasteiger partial charge in [0.2, 0.25) is 23.6 Å². The fourth-order valence-electron chi connectivity index (χ4n) is 20.2. The van der Waals surface area contributed by atoms with Crippen LogP contribution in [0.2, 0.25) is 0 Å². The van der Waals surface area contributed by atoms with Gasteiger partial charge in [-0.05, 0) is 222 Å². The number of para-hydroxylation sites is 2. The molecule has 16 aromatic carbocycles. The van der Waals surface area contributed by atoms with E-state index >= 15 is 0 Å². The Morgan fingerprint density at radius 1 is 0.233 bits per heavy atom. The highest BCUT2D eigenvalue weighted by Crippen LogP contribution is 2.67. The van der Waals surface area contributed by atoms with Crippen molar-refractivity contribution in [1.29, 1.82) is 0 Å². The Bertz CT molecular complexity index is 7280. The topological polar surface area (TPSA) is 110 Å². The lowest BCUT2D eigenvalue weighted by Crippen LogP contribution is -2.33. The van der Waals surface area contributed by atoms with Crippen molar-refractivity contribution in [3.63, 3.8) is 0 Å². The van der Waals surface area contributed by atoms with Gasteiger partial charge in [0, 0.05) is 90.5 Å². The molecule has 0 saturated heterocycles. The minimum absolute atomic E-state index is 0.146. The molecule has 120 heavy (non-hydrogen) atoms.